The highest BCUT2D eigenvalue weighted by molar-refractivity contribution is 7.10. The second-order valence-electron chi connectivity index (χ2n) is 5.88. The number of hydrogen-bond donors (Lipinski definition) is 0. The minimum absolute atomic E-state index is 0.171. The van der Waals surface area contributed by atoms with Gasteiger partial charge in [-0.05, 0) is 38.2 Å². The lowest BCUT2D eigenvalue weighted by molar-refractivity contribution is -0.140. The molecule has 1 aromatic heterocycles. The summed E-state index contributed by atoms with van der Waals surface area (Å²) in [6.45, 7) is 2.15. The van der Waals surface area contributed by atoms with Gasteiger partial charge in [-0.1, -0.05) is 67.4 Å². The first-order chi connectivity index (χ1) is 13.3. The Balaban J connectivity index is 2.17. The third-order valence-electron chi connectivity index (χ3n) is 3.63. The molecule has 0 atom stereocenters. The van der Waals surface area contributed by atoms with Crippen LogP contribution in [0.2, 0.25) is 0 Å². The second-order valence-corrected chi connectivity index (χ2v) is 6.88. The first-order valence-electron chi connectivity index (χ1n) is 9.49. The van der Waals surface area contributed by atoms with Crippen molar-refractivity contribution in [3.05, 3.63) is 70.5 Å². The van der Waals surface area contributed by atoms with Gasteiger partial charge in [-0.25, -0.2) is 0 Å². The van der Waals surface area contributed by atoms with Gasteiger partial charge >= 0.3 is 5.97 Å². The predicted octanol–water partition coefficient (Wildman–Crippen LogP) is 6.40. The van der Waals surface area contributed by atoms with Crippen molar-refractivity contribution in [2.45, 2.75) is 51.9 Å². The topological polar surface area (TPSA) is 26.3 Å². The number of ether oxygens (including phenoxy) is 1. The van der Waals surface area contributed by atoms with Crippen LogP contribution in [0.15, 0.2) is 60.1 Å². The summed E-state index contributed by atoms with van der Waals surface area (Å²) < 4.78 is 4.66. The van der Waals surface area contributed by atoms with Crippen molar-refractivity contribution in [3.8, 4) is 11.8 Å². The molecule has 0 unspecified atom stereocenters. The number of thiophene rings is 1. The van der Waals surface area contributed by atoms with Crippen molar-refractivity contribution in [1.82, 2.24) is 0 Å². The summed E-state index contributed by atoms with van der Waals surface area (Å²) in [4.78, 5) is 12.3. The third kappa shape index (κ3) is 12.6. The standard InChI is InChI=1S/C24H30O2S/c1-3-4-5-6-7-8-9-10-11-12-13-14-15-16-17-22-20-23(27-21-22)18-19-24(25)26-2/h4-5,7-8,10-11,13-14,20-21H,3,6,9,12,15,18-19H2,1-2H3/b5-4-,8-7-,11-10-,14-13-. The van der Waals surface area contributed by atoms with Gasteiger partial charge in [0.25, 0.3) is 0 Å². The molecule has 0 fully saturated rings. The van der Waals surface area contributed by atoms with E-state index in [9.17, 15) is 4.79 Å². The van der Waals surface area contributed by atoms with Crippen LogP contribution >= 0.6 is 11.3 Å². The number of esters is 1. The molecular formula is C24H30O2S. The lowest BCUT2D eigenvalue weighted by Crippen LogP contribution is -2.00. The Kier molecular flexibility index (Phi) is 13.4. The van der Waals surface area contributed by atoms with Gasteiger partial charge in [0.1, 0.15) is 0 Å². The molecule has 1 aromatic rings. The van der Waals surface area contributed by atoms with Crippen molar-refractivity contribution in [2.24, 2.45) is 0 Å². The lowest BCUT2D eigenvalue weighted by Gasteiger charge is -1.95. The lowest BCUT2D eigenvalue weighted by atomic mass is 10.2. The minimum Gasteiger partial charge on any atom is -0.469 e. The Morgan fingerprint density at radius 2 is 1.67 bits per heavy atom. The highest BCUT2D eigenvalue weighted by Crippen LogP contribution is 2.16. The van der Waals surface area contributed by atoms with Crippen LogP contribution in [0.4, 0.5) is 0 Å². The Hall–Kier alpha value is -2.31. The molecule has 0 spiro atoms. The van der Waals surface area contributed by atoms with Crippen LogP contribution in [0.25, 0.3) is 0 Å². The Morgan fingerprint density at radius 3 is 2.30 bits per heavy atom. The zero-order chi connectivity index (χ0) is 19.6. The number of allylic oxidation sites excluding steroid dienone is 8. The van der Waals surface area contributed by atoms with Crippen LogP contribution in [0, 0.1) is 11.8 Å². The monoisotopic (exact) mass is 382 g/mol. The highest BCUT2D eigenvalue weighted by atomic mass is 32.1. The summed E-state index contributed by atoms with van der Waals surface area (Å²) in [5.74, 6) is 6.16. The second kappa shape index (κ2) is 15.9. The molecule has 2 nitrogen and oxygen atoms in total. The van der Waals surface area contributed by atoms with Gasteiger partial charge < -0.3 is 4.74 Å². The van der Waals surface area contributed by atoms with E-state index in [1.807, 2.05) is 5.38 Å². The third-order valence-corrected chi connectivity index (χ3v) is 4.62. The SMILES string of the molecule is CC/C=C\C/C=C\C/C=C\C/C=C\CC#Cc1csc(CCC(=O)OC)c1. The molecule has 0 aliphatic rings. The molecule has 3 heteroatoms. The number of aryl methyl sites for hydroxylation is 1. The normalized spacial score (nSPS) is 11.6. The summed E-state index contributed by atoms with van der Waals surface area (Å²) in [7, 11) is 1.42. The highest BCUT2D eigenvalue weighted by Gasteiger charge is 2.03. The van der Waals surface area contributed by atoms with Gasteiger partial charge in [0.2, 0.25) is 0 Å². The maximum Gasteiger partial charge on any atom is 0.305 e. The van der Waals surface area contributed by atoms with Crippen LogP contribution in [0.1, 0.15) is 55.9 Å². The van der Waals surface area contributed by atoms with E-state index in [1.54, 1.807) is 11.3 Å². The summed E-state index contributed by atoms with van der Waals surface area (Å²) in [6.07, 6.45) is 23.4. The van der Waals surface area contributed by atoms with Crippen LogP contribution in [0.5, 0.6) is 0 Å². The van der Waals surface area contributed by atoms with Crippen LogP contribution < -0.4 is 0 Å². The number of methoxy groups -OCH3 is 1. The molecule has 1 rings (SSSR count). The maximum atomic E-state index is 11.1. The van der Waals surface area contributed by atoms with E-state index in [0.29, 0.717) is 6.42 Å². The van der Waals surface area contributed by atoms with Gasteiger partial charge in [-0.3, -0.25) is 4.79 Å². The van der Waals surface area contributed by atoms with Crippen LogP contribution in [0.3, 0.4) is 0 Å². The van der Waals surface area contributed by atoms with Gasteiger partial charge in [-0.15, -0.1) is 11.3 Å². The van der Waals surface area contributed by atoms with E-state index < -0.39 is 0 Å². The quantitative estimate of drug-likeness (QED) is 0.251. The molecular weight excluding hydrogens is 352 g/mol. The van der Waals surface area contributed by atoms with Crippen molar-refractivity contribution >= 4 is 17.3 Å². The van der Waals surface area contributed by atoms with Gasteiger partial charge in [-0.2, -0.15) is 0 Å². The van der Waals surface area contributed by atoms with Crippen molar-refractivity contribution < 1.29 is 9.53 Å². The number of rotatable bonds is 11. The maximum absolute atomic E-state index is 11.1. The molecule has 0 saturated carbocycles. The van der Waals surface area contributed by atoms with Gasteiger partial charge in [0.15, 0.2) is 0 Å². The van der Waals surface area contributed by atoms with E-state index in [1.165, 1.54) is 12.0 Å². The van der Waals surface area contributed by atoms with Crippen LogP contribution in [-0.2, 0) is 16.0 Å². The fourth-order valence-corrected chi connectivity index (χ4v) is 3.00. The van der Waals surface area contributed by atoms with E-state index in [0.717, 1.165) is 44.1 Å². The number of carbonyl (C=O) groups excluding carboxylic acids is 1. The van der Waals surface area contributed by atoms with E-state index >= 15 is 0 Å². The van der Waals surface area contributed by atoms with Crippen molar-refractivity contribution in [2.75, 3.05) is 7.11 Å². The average molecular weight is 383 g/mol. The van der Waals surface area contributed by atoms with Crippen molar-refractivity contribution in [3.63, 3.8) is 0 Å². The van der Waals surface area contributed by atoms with Crippen LogP contribution in [-0.4, -0.2) is 13.1 Å². The molecule has 0 aliphatic carbocycles. The molecule has 0 aliphatic heterocycles. The van der Waals surface area contributed by atoms with E-state index in [4.69, 9.17) is 0 Å². The summed E-state index contributed by atoms with van der Waals surface area (Å²) in [5.41, 5.74) is 1.02. The Labute approximate surface area is 168 Å². The van der Waals surface area contributed by atoms with Crippen molar-refractivity contribution in [1.29, 1.82) is 0 Å². The zero-order valence-corrected chi connectivity index (χ0v) is 17.3. The average Bonchev–Trinajstić information content (AvgIpc) is 3.14. The molecule has 0 radical (unpaired) electrons. The smallest absolute Gasteiger partial charge is 0.305 e. The summed E-state index contributed by atoms with van der Waals surface area (Å²) in [5, 5.41) is 2.04. The molecule has 1 heterocycles. The molecule has 0 saturated heterocycles. The minimum atomic E-state index is -0.171. The van der Waals surface area contributed by atoms with E-state index in [-0.39, 0.29) is 5.97 Å². The first kappa shape index (κ1) is 22.7. The first-order valence-corrected chi connectivity index (χ1v) is 10.4. The molecule has 144 valence electrons. The molecule has 0 N–H and O–H groups in total. The number of carbonyl (C=O) groups is 1. The van der Waals surface area contributed by atoms with Gasteiger partial charge in [0.05, 0.1) is 13.5 Å². The van der Waals surface area contributed by atoms with E-state index in [2.05, 4.69) is 78.2 Å². The number of hydrogen-bond acceptors (Lipinski definition) is 3. The zero-order valence-electron chi connectivity index (χ0n) is 16.4. The fourth-order valence-electron chi connectivity index (χ4n) is 2.18. The predicted molar refractivity (Wildman–Crippen MR) is 117 cm³/mol. The Bertz CT molecular complexity index is 708. The fraction of sp³-hybridized carbons (Fsp3) is 0.375. The summed E-state index contributed by atoms with van der Waals surface area (Å²) in [6, 6.07) is 2.05. The largest absolute Gasteiger partial charge is 0.469 e. The molecule has 0 amide bonds. The molecule has 0 aromatic carbocycles. The molecule has 27 heavy (non-hydrogen) atoms. The van der Waals surface area contributed by atoms with Gasteiger partial charge in [0, 0.05) is 22.2 Å². The Morgan fingerprint density at radius 1 is 1.04 bits per heavy atom. The summed E-state index contributed by atoms with van der Waals surface area (Å²) >= 11 is 1.64. The molecule has 0 bridgehead atoms.